The van der Waals surface area contributed by atoms with Crippen LogP contribution < -0.4 is 10.6 Å². The highest BCUT2D eigenvalue weighted by atomic mass is 32.2. The molecule has 0 saturated carbocycles. The Labute approximate surface area is 125 Å². The first kappa shape index (κ1) is 15.7. The van der Waals surface area contributed by atoms with Crippen LogP contribution in [-0.4, -0.2) is 41.0 Å². The van der Waals surface area contributed by atoms with Crippen LogP contribution in [0.1, 0.15) is 13.3 Å². The first-order valence-electron chi connectivity index (χ1n) is 6.64. The van der Waals surface area contributed by atoms with Gasteiger partial charge < -0.3 is 15.4 Å². The molecule has 1 fully saturated rings. The van der Waals surface area contributed by atoms with Crippen molar-refractivity contribution in [1.29, 1.82) is 0 Å². The number of benzene rings is 1. The Balaban J connectivity index is 1.96. The standard InChI is InChI=1S/C14H18N2O4S/c1-9-12(6-7-20-9)16-14(18)13(17)15-10-4-3-5-11(8-10)21(2)19/h3-5,8-9,12H,6-7H2,1-2H3,(H,15,17)(H,16,18). The Kier molecular flexibility index (Phi) is 5.08. The SMILES string of the molecule is CC1OCCC1NC(=O)C(=O)Nc1cccc(S(C)=O)c1. The Morgan fingerprint density at radius 1 is 1.33 bits per heavy atom. The fourth-order valence-electron chi connectivity index (χ4n) is 2.10. The average molecular weight is 310 g/mol. The summed E-state index contributed by atoms with van der Waals surface area (Å²) in [6, 6.07) is 6.46. The third kappa shape index (κ3) is 4.12. The number of ether oxygens (including phenoxy) is 1. The van der Waals surface area contributed by atoms with Crippen LogP contribution in [0.25, 0.3) is 0 Å². The van der Waals surface area contributed by atoms with Crippen molar-refractivity contribution < 1.29 is 18.5 Å². The molecule has 1 saturated heterocycles. The molecular weight excluding hydrogens is 292 g/mol. The van der Waals surface area contributed by atoms with Crippen molar-refractivity contribution in [2.24, 2.45) is 0 Å². The number of carbonyl (C=O) groups is 2. The van der Waals surface area contributed by atoms with Crippen molar-refractivity contribution >= 4 is 28.3 Å². The predicted molar refractivity (Wildman–Crippen MR) is 79.4 cm³/mol. The van der Waals surface area contributed by atoms with Crippen LogP contribution in [0.2, 0.25) is 0 Å². The van der Waals surface area contributed by atoms with E-state index in [2.05, 4.69) is 10.6 Å². The third-order valence-electron chi connectivity index (χ3n) is 3.32. The first-order chi connectivity index (χ1) is 9.97. The van der Waals surface area contributed by atoms with Crippen molar-refractivity contribution in [3.05, 3.63) is 24.3 Å². The van der Waals surface area contributed by atoms with E-state index in [9.17, 15) is 13.8 Å². The van der Waals surface area contributed by atoms with E-state index >= 15 is 0 Å². The number of nitrogens with one attached hydrogen (secondary N) is 2. The maximum atomic E-state index is 11.8. The number of rotatable bonds is 3. The van der Waals surface area contributed by atoms with Gasteiger partial charge in [-0.15, -0.1) is 0 Å². The van der Waals surface area contributed by atoms with Gasteiger partial charge >= 0.3 is 11.8 Å². The van der Waals surface area contributed by atoms with E-state index in [1.54, 1.807) is 30.5 Å². The molecule has 2 rings (SSSR count). The number of carbonyl (C=O) groups excluding carboxylic acids is 2. The predicted octanol–water partition coefficient (Wildman–Crippen LogP) is 0.656. The maximum absolute atomic E-state index is 11.8. The first-order valence-corrected chi connectivity index (χ1v) is 8.20. The quantitative estimate of drug-likeness (QED) is 0.803. The lowest BCUT2D eigenvalue weighted by Gasteiger charge is -2.15. The largest absolute Gasteiger partial charge is 0.376 e. The molecule has 1 heterocycles. The lowest BCUT2D eigenvalue weighted by molar-refractivity contribution is -0.136. The summed E-state index contributed by atoms with van der Waals surface area (Å²) in [5.74, 6) is -1.44. The second-order valence-electron chi connectivity index (χ2n) is 4.88. The summed E-state index contributed by atoms with van der Waals surface area (Å²) < 4.78 is 16.7. The van der Waals surface area contributed by atoms with Gasteiger partial charge in [-0.25, -0.2) is 0 Å². The lowest BCUT2D eigenvalue weighted by atomic mass is 10.1. The summed E-state index contributed by atoms with van der Waals surface area (Å²) in [5.41, 5.74) is 0.443. The van der Waals surface area contributed by atoms with Crippen molar-refractivity contribution in [2.75, 3.05) is 18.2 Å². The minimum Gasteiger partial charge on any atom is -0.376 e. The fraction of sp³-hybridized carbons (Fsp3) is 0.429. The average Bonchev–Trinajstić information content (AvgIpc) is 2.84. The molecule has 0 radical (unpaired) electrons. The fourth-order valence-corrected chi connectivity index (χ4v) is 2.66. The van der Waals surface area contributed by atoms with Gasteiger partial charge in [0, 0.05) is 34.2 Å². The lowest BCUT2D eigenvalue weighted by Crippen LogP contribution is -2.44. The molecule has 6 nitrogen and oxygen atoms in total. The van der Waals surface area contributed by atoms with Crippen molar-refractivity contribution in [2.45, 2.75) is 30.4 Å². The van der Waals surface area contributed by atoms with E-state index < -0.39 is 22.6 Å². The van der Waals surface area contributed by atoms with Crippen molar-refractivity contribution in [1.82, 2.24) is 5.32 Å². The summed E-state index contributed by atoms with van der Waals surface area (Å²) in [4.78, 5) is 24.3. The Bertz CT molecular complexity index is 576. The molecule has 2 N–H and O–H groups in total. The van der Waals surface area contributed by atoms with Gasteiger partial charge in [0.1, 0.15) is 0 Å². The van der Waals surface area contributed by atoms with Crippen LogP contribution >= 0.6 is 0 Å². The number of anilines is 1. The molecule has 0 aromatic heterocycles. The van der Waals surface area contributed by atoms with Crippen LogP contribution in [0, 0.1) is 0 Å². The summed E-state index contributed by atoms with van der Waals surface area (Å²) >= 11 is 0. The smallest absolute Gasteiger partial charge is 0.313 e. The van der Waals surface area contributed by atoms with E-state index in [1.165, 1.54) is 0 Å². The molecule has 1 aliphatic rings. The van der Waals surface area contributed by atoms with E-state index in [1.807, 2.05) is 6.92 Å². The van der Waals surface area contributed by atoms with Gasteiger partial charge in [0.25, 0.3) is 0 Å². The number of amides is 2. The molecular formula is C14H18N2O4S. The highest BCUT2D eigenvalue weighted by molar-refractivity contribution is 7.84. The zero-order chi connectivity index (χ0) is 15.4. The molecule has 0 bridgehead atoms. The topological polar surface area (TPSA) is 84.5 Å². The maximum Gasteiger partial charge on any atom is 0.313 e. The minimum atomic E-state index is -1.14. The molecule has 0 aliphatic carbocycles. The van der Waals surface area contributed by atoms with E-state index in [-0.39, 0.29) is 12.1 Å². The van der Waals surface area contributed by atoms with E-state index in [4.69, 9.17) is 4.74 Å². The van der Waals surface area contributed by atoms with Crippen molar-refractivity contribution in [3.63, 3.8) is 0 Å². The number of hydrogen-bond donors (Lipinski definition) is 2. The van der Waals surface area contributed by atoms with Gasteiger partial charge in [0.05, 0.1) is 12.1 Å². The van der Waals surface area contributed by atoms with E-state index in [0.29, 0.717) is 23.6 Å². The highest BCUT2D eigenvalue weighted by Gasteiger charge is 2.27. The highest BCUT2D eigenvalue weighted by Crippen LogP contribution is 2.14. The number of hydrogen-bond acceptors (Lipinski definition) is 4. The van der Waals surface area contributed by atoms with E-state index in [0.717, 1.165) is 0 Å². The summed E-state index contributed by atoms with van der Waals surface area (Å²) in [6.07, 6.45) is 2.16. The Morgan fingerprint density at radius 2 is 2.10 bits per heavy atom. The molecule has 3 unspecified atom stereocenters. The van der Waals surface area contributed by atoms with Gasteiger partial charge in [0.2, 0.25) is 0 Å². The second kappa shape index (κ2) is 6.82. The summed E-state index contributed by atoms with van der Waals surface area (Å²) in [5, 5.41) is 5.15. The molecule has 114 valence electrons. The van der Waals surface area contributed by atoms with Gasteiger partial charge in [0.15, 0.2) is 0 Å². The van der Waals surface area contributed by atoms with Gasteiger partial charge in [-0.2, -0.15) is 0 Å². The second-order valence-corrected chi connectivity index (χ2v) is 6.26. The molecule has 3 atom stereocenters. The van der Waals surface area contributed by atoms with Gasteiger partial charge in [-0.05, 0) is 31.5 Å². The normalized spacial score (nSPS) is 22.6. The molecule has 21 heavy (non-hydrogen) atoms. The van der Waals surface area contributed by atoms with Crippen molar-refractivity contribution in [3.8, 4) is 0 Å². The van der Waals surface area contributed by atoms with Gasteiger partial charge in [-0.1, -0.05) is 6.07 Å². The molecule has 1 aromatic rings. The Hall–Kier alpha value is -1.73. The zero-order valence-electron chi connectivity index (χ0n) is 11.9. The zero-order valence-corrected chi connectivity index (χ0v) is 12.7. The van der Waals surface area contributed by atoms with Crippen LogP contribution in [0.3, 0.4) is 0 Å². The van der Waals surface area contributed by atoms with Gasteiger partial charge in [-0.3, -0.25) is 13.8 Å². The monoisotopic (exact) mass is 310 g/mol. The van der Waals surface area contributed by atoms with Crippen LogP contribution in [0.4, 0.5) is 5.69 Å². The molecule has 1 aliphatic heterocycles. The summed E-state index contributed by atoms with van der Waals surface area (Å²) in [6.45, 7) is 2.44. The molecule has 1 aromatic carbocycles. The van der Waals surface area contributed by atoms with Crippen LogP contribution in [0.5, 0.6) is 0 Å². The minimum absolute atomic E-state index is 0.0902. The van der Waals surface area contributed by atoms with Crippen LogP contribution in [0.15, 0.2) is 29.2 Å². The molecule has 0 spiro atoms. The van der Waals surface area contributed by atoms with Crippen LogP contribution in [-0.2, 0) is 25.1 Å². The third-order valence-corrected chi connectivity index (χ3v) is 4.24. The summed E-state index contributed by atoms with van der Waals surface area (Å²) in [7, 11) is -1.14. The Morgan fingerprint density at radius 3 is 2.71 bits per heavy atom. The molecule has 7 heteroatoms. The molecule has 2 amide bonds.